The fourth-order valence-corrected chi connectivity index (χ4v) is 1.88. The number of aromatic nitrogens is 1. The van der Waals surface area contributed by atoms with Gasteiger partial charge in [0.05, 0.1) is 5.71 Å². The standard InChI is InChI=1S/C15H14ClN3O/c1-2-13(11-6-5-7-12(16)10-11)18-19-15(20)14-8-3-4-9-17-14/h3-10H,2H2,1H3,(H,19,20)/b18-13+. The van der Waals surface area contributed by atoms with Crippen LogP contribution >= 0.6 is 11.6 Å². The van der Waals surface area contributed by atoms with Crippen molar-refractivity contribution >= 4 is 23.2 Å². The van der Waals surface area contributed by atoms with Crippen molar-refractivity contribution in [2.45, 2.75) is 13.3 Å². The molecule has 1 heterocycles. The Kier molecular flexibility index (Phi) is 4.85. The number of amides is 1. The van der Waals surface area contributed by atoms with Crippen LogP contribution in [0.3, 0.4) is 0 Å². The Balaban J connectivity index is 2.14. The van der Waals surface area contributed by atoms with E-state index in [1.807, 2.05) is 25.1 Å². The number of carbonyl (C=O) groups is 1. The monoisotopic (exact) mass is 287 g/mol. The zero-order valence-electron chi connectivity index (χ0n) is 11.0. The van der Waals surface area contributed by atoms with Crippen molar-refractivity contribution in [1.29, 1.82) is 0 Å². The van der Waals surface area contributed by atoms with E-state index >= 15 is 0 Å². The first-order valence-corrected chi connectivity index (χ1v) is 6.62. The maximum absolute atomic E-state index is 11.9. The van der Waals surface area contributed by atoms with Gasteiger partial charge in [0.1, 0.15) is 5.69 Å². The summed E-state index contributed by atoms with van der Waals surface area (Å²) in [7, 11) is 0. The smallest absolute Gasteiger partial charge is 0.266 e. The predicted molar refractivity (Wildman–Crippen MR) is 80.0 cm³/mol. The number of hydrazone groups is 1. The van der Waals surface area contributed by atoms with Gasteiger partial charge in [-0.15, -0.1) is 0 Å². The van der Waals surface area contributed by atoms with Gasteiger partial charge >= 0.3 is 0 Å². The van der Waals surface area contributed by atoms with Crippen LogP contribution in [0.1, 0.15) is 29.4 Å². The van der Waals surface area contributed by atoms with Crippen molar-refractivity contribution in [3.05, 3.63) is 64.9 Å². The van der Waals surface area contributed by atoms with Crippen LogP contribution in [-0.2, 0) is 0 Å². The molecule has 1 aromatic heterocycles. The molecule has 5 heteroatoms. The first-order valence-electron chi connectivity index (χ1n) is 6.24. The first-order chi connectivity index (χ1) is 9.70. The minimum Gasteiger partial charge on any atom is -0.266 e. The number of carbonyl (C=O) groups excluding carboxylic acids is 1. The molecule has 0 fully saturated rings. The van der Waals surface area contributed by atoms with Crippen molar-refractivity contribution in [1.82, 2.24) is 10.4 Å². The largest absolute Gasteiger partial charge is 0.289 e. The van der Waals surface area contributed by atoms with Gasteiger partial charge in [-0.3, -0.25) is 9.78 Å². The van der Waals surface area contributed by atoms with Crippen LogP contribution < -0.4 is 5.43 Å². The lowest BCUT2D eigenvalue weighted by Gasteiger charge is -2.05. The van der Waals surface area contributed by atoms with E-state index in [-0.39, 0.29) is 5.91 Å². The average Bonchev–Trinajstić information content (AvgIpc) is 2.48. The van der Waals surface area contributed by atoms with Crippen LogP contribution in [0.2, 0.25) is 5.02 Å². The summed E-state index contributed by atoms with van der Waals surface area (Å²) in [5.41, 5.74) is 4.49. The molecule has 0 saturated heterocycles. The maximum atomic E-state index is 11.9. The van der Waals surface area contributed by atoms with Gasteiger partial charge in [0.2, 0.25) is 0 Å². The Labute approximate surface area is 122 Å². The van der Waals surface area contributed by atoms with Crippen LogP contribution in [0.25, 0.3) is 0 Å². The summed E-state index contributed by atoms with van der Waals surface area (Å²) in [6.45, 7) is 1.96. The first kappa shape index (κ1) is 14.2. The summed E-state index contributed by atoms with van der Waals surface area (Å²) in [6.07, 6.45) is 2.25. The zero-order chi connectivity index (χ0) is 14.4. The molecule has 102 valence electrons. The third kappa shape index (κ3) is 3.65. The predicted octanol–water partition coefficient (Wildman–Crippen LogP) is 3.28. The second-order valence-electron chi connectivity index (χ2n) is 4.08. The van der Waals surface area contributed by atoms with Crippen molar-refractivity contribution in [3.8, 4) is 0 Å². The van der Waals surface area contributed by atoms with Gasteiger partial charge in [-0.2, -0.15) is 5.10 Å². The van der Waals surface area contributed by atoms with E-state index in [1.165, 1.54) is 0 Å². The summed E-state index contributed by atoms with van der Waals surface area (Å²) in [4.78, 5) is 15.8. The highest BCUT2D eigenvalue weighted by molar-refractivity contribution is 6.31. The molecule has 20 heavy (non-hydrogen) atoms. The fourth-order valence-electron chi connectivity index (χ4n) is 1.69. The van der Waals surface area contributed by atoms with E-state index in [9.17, 15) is 4.79 Å². The molecule has 0 bridgehead atoms. The number of pyridine rings is 1. The molecular formula is C15H14ClN3O. The lowest BCUT2D eigenvalue weighted by atomic mass is 10.1. The number of nitrogens with zero attached hydrogens (tertiary/aromatic N) is 2. The fraction of sp³-hybridized carbons (Fsp3) is 0.133. The molecule has 1 N–H and O–H groups in total. The summed E-state index contributed by atoms with van der Waals surface area (Å²) >= 11 is 5.95. The highest BCUT2D eigenvalue weighted by atomic mass is 35.5. The van der Waals surface area contributed by atoms with E-state index in [1.54, 1.807) is 30.5 Å². The lowest BCUT2D eigenvalue weighted by molar-refractivity contribution is 0.0950. The van der Waals surface area contributed by atoms with Crippen LogP contribution in [-0.4, -0.2) is 16.6 Å². The molecule has 0 saturated carbocycles. The zero-order valence-corrected chi connectivity index (χ0v) is 11.8. The van der Waals surface area contributed by atoms with Gasteiger partial charge in [-0.1, -0.05) is 36.7 Å². The Bertz CT molecular complexity index is 626. The molecule has 1 aromatic carbocycles. The van der Waals surface area contributed by atoms with Crippen LogP contribution in [0.5, 0.6) is 0 Å². The number of rotatable bonds is 4. The molecule has 0 aliphatic heterocycles. The Morgan fingerprint density at radius 1 is 1.30 bits per heavy atom. The molecule has 0 aliphatic rings. The molecule has 0 radical (unpaired) electrons. The Morgan fingerprint density at radius 2 is 2.15 bits per heavy atom. The second kappa shape index (κ2) is 6.82. The number of benzene rings is 1. The Hall–Kier alpha value is -2.20. The summed E-state index contributed by atoms with van der Waals surface area (Å²) in [5.74, 6) is -0.335. The molecule has 2 aromatic rings. The van der Waals surface area contributed by atoms with Gasteiger partial charge < -0.3 is 0 Å². The van der Waals surface area contributed by atoms with Gasteiger partial charge in [0.25, 0.3) is 5.91 Å². The molecule has 0 atom stereocenters. The number of hydrogen-bond donors (Lipinski definition) is 1. The number of nitrogens with one attached hydrogen (secondary N) is 1. The van der Waals surface area contributed by atoms with Crippen LogP contribution in [0.4, 0.5) is 0 Å². The van der Waals surface area contributed by atoms with E-state index in [2.05, 4.69) is 15.5 Å². The quantitative estimate of drug-likeness (QED) is 0.693. The van der Waals surface area contributed by atoms with Crippen LogP contribution in [0.15, 0.2) is 53.8 Å². The summed E-state index contributed by atoms with van der Waals surface area (Å²) in [5, 5.41) is 4.79. The highest BCUT2D eigenvalue weighted by Gasteiger charge is 2.06. The van der Waals surface area contributed by atoms with Crippen LogP contribution in [0, 0.1) is 0 Å². The van der Waals surface area contributed by atoms with E-state index in [4.69, 9.17) is 11.6 Å². The van der Waals surface area contributed by atoms with E-state index < -0.39 is 0 Å². The number of hydrogen-bond acceptors (Lipinski definition) is 3. The summed E-state index contributed by atoms with van der Waals surface area (Å²) < 4.78 is 0. The van der Waals surface area contributed by atoms with Gasteiger partial charge in [0, 0.05) is 11.2 Å². The molecule has 1 amide bonds. The second-order valence-corrected chi connectivity index (χ2v) is 4.51. The Morgan fingerprint density at radius 3 is 2.80 bits per heavy atom. The van der Waals surface area contributed by atoms with Crippen molar-refractivity contribution < 1.29 is 4.79 Å². The third-order valence-corrected chi connectivity index (χ3v) is 2.92. The SMILES string of the molecule is CC/C(=N\NC(=O)c1ccccn1)c1cccc(Cl)c1. The normalized spacial score (nSPS) is 11.2. The molecule has 0 aliphatic carbocycles. The molecule has 0 unspecified atom stereocenters. The van der Waals surface area contributed by atoms with Crippen molar-refractivity contribution in [3.63, 3.8) is 0 Å². The van der Waals surface area contributed by atoms with Gasteiger partial charge in [0.15, 0.2) is 0 Å². The molecule has 0 spiro atoms. The minimum atomic E-state index is -0.335. The van der Waals surface area contributed by atoms with E-state index in [0.717, 1.165) is 11.3 Å². The van der Waals surface area contributed by atoms with Crippen molar-refractivity contribution in [2.24, 2.45) is 5.10 Å². The third-order valence-electron chi connectivity index (χ3n) is 2.68. The van der Waals surface area contributed by atoms with Crippen molar-refractivity contribution in [2.75, 3.05) is 0 Å². The van der Waals surface area contributed by atoms with Gasteiger partial charge in [-0.25, -0.2) is 5.43 Å². The minimum absolute atomic E-state index is 0.331. The molecule has 2 rings (SSSR count). The average molecular weight is 288 g/mol. The molecular weight excluding hydrogens is 274 g/mol. The lowest BCUT2D eigenvalue weighted by Crippen LogP contribution is -2.20. The maximum Gasteiger partial charge on any atom is 0.289 e. The number of halogens is 1. The van der Waals surface area contributed by atoms with Gasteiger partial charge in [-0.05, 0) is 36.2 Å². The highest BCUT2D eigenvalue weighted by Crippen LogP contribution is 2.12. The summed E-state index contributed by atoms with van der Waals surface area (Å²) in [6, 6.07) is 12.5. The topological polar surface area (TPSA) is 54.4 Å². The molecule has 4 nitrogen and oxygen atoms in total. The van der Waals surface area contributed by atoms with E-state index in [0.29, 0.717) is 17.1 Å².